The Morgan fingerprint density at radius 1 is 1.00 bits per heavy atom. The van der Waals surface area contributed by atoms with E-state index in [4.69, 9.17) is 10.1 Å². The van der Waals surface area contributed by atoms with Gasteiger partial charge in [-0.15, -0.1) is 0 Å². The number of aliphatic imine (C=N–C) groups is 1. The molecule has 2 aliphatic heterocycles. The van der Waals surface area contributed by atoms with E-state index in [0.717, 1.165) is 24.8 Å². The molecule has 3 nitrogen and oxygen atoms in total. The van der Waals surface area contributed by atoms with Crippen molar-refractivity contribution in [3.8, 4) is 0 Å². The van der Waals surface area contributed by atoms with Crippen molar-refractivity contribution in [2.24, 2.45) is 21.9 Å². The van der Waals surface area contributed by atoms with Crippen LogP contribution in [0.2, 0.25) is 0 Å². The number of fused-ring (bicyclic) bond motifs is 4. The van der Waals surface area contributed by atoms with Gasteiger partial charge in [0, 0.05) is 12.5 Å². The summed E-state index contributed by atoms with van der Waals surface area (Å²) in [6.45, 7) is 1.14. The van der Waals surface area contributed by atoms with Crippen molar-refractivity contribution in [3.63, 3.8) is 0 Å². The molecule has 3 fully saturated rings. The van der Waals surface area contributed by atoms with Crippen LogP contribution in [-0.2, 0) is 0 Å². The molecule has 3 atom stereocenters. The van der Waals surface area contributed by atoms with Crippen LogP contribution < -0.4 is 0 Å². The highest BCUT2D eigenvalue weighted by Gasteiger charge is 2.42. The van der Waals surface area contributed by atoms with Gasteiger partial charge < -0.3 is 0 Å². The van der Waals surface area contributed by atoms with Crippen molar-refractivity contribution in [2.75, 3.05) is 6.54 Å². The van der Waals surface area contributed by atoms with Crippen LogP contribution in [0.3, 0.4) is 0 Å². The average Bonchev–Trinajstić information content (AvgIpc) is 2.94. The number of piperidine rings is 1. The lowest BCUT2D eigenvalue weighted by Crippen LogP contribution is -2.47. The zero-order valence-corrected chi connectivity index (χ0v) is 9.73. The molecule has 3 unspecified atom stereocenters. The van der Waals surface area contributed by atoms with Gasteiger partial charge in [0.05, 0.1) is 11.4 Å². The number of nitrogens with zero attached hydrogens (tertiary/aromatic N) is 3. The van der Waals surface area contributed by atoms with E-state index in [1.807, 2.05) is 0 Å². The molecule has 16 heavy (non-hydrogen) atoms. The van der Waals surface area contributed by atoms with Gasteiger partial charge in [-0.1, -0.05) is 6.42 Å². The summed E-state index contributed by atoms with van der Waals surface area (Å²) in [4.78, 5) is 5.02. The Hall–Kier alpha value is -0.860. The van der Waals surface area contributed by atoms with Crippen molar-refractivity contribution in [1.29, 1.82) is 0 Å². The van der Waals surface area contributed by atoms with Gasteiger partial charge >= 0.3 is 0 Å². The van der Waals surface area contributed by atoms with E-state index >= 15 is 0 Å². The van der Waals surface area contributed by atoms with Gasteiger partial charge in [-0.25, -0.2) is 0 Å². The van der Waals surface area contributed by atoms with Gasteiger partial charge in [-0.3, -0.25) is 10.0 Å². The standard InChI is InChI=1S/C13H19N3/c1-3-9-7-8-16-13(10(9)4-1)14-11-5-2-6-12(11)15-16/h9-10,13H,1-8H2. The number of hydrogen-bond acceptors (Lipinski definition) is 3. The third-order valence-corrected chi connectivity index (χ3v) is 4.83. The van der Waals surface area contributed by atoms with Gasteiger partial charge in [-0.2, -0.15) is 5.10 Å². The highest BCUT2D eigenvalue weighted by molar-refractivity contribution is 6.44. The van der Waals surface area contributed by atoms with Crippen LogP contribution >= 0.6 is 0 Å². The fourth-order valence-electron chi connectivity index (χ4n) is 4.01. The highest BCUT2D eigenvalue weighted by Crippen LogP contribution is 2.43. The lowest BCUT2D eigenvalue weighted by Gasteiger charge is -2.41. The zero-order chi connectivity index (χ0) is 10.5. The maximum absolute atomic E-state index is 5.02. The Bertz CT molecular complexity index is 371. The minimum atomic E-state index is 0.415. The van der Waals surface area contributed by atoms with E-state index < -0.39 is 0 Å². The summed E-state index contributed by atoms with van der Waals surface area (Å²) in [7, 11) is 0. The molecule has 1 saturated heterocycles. The molecule has 0 spiro atoms. The fraction of sp³-hybridized carbons (Fsp3) is 0.846. The van der Waals surface area contributed by atoms with Crippen molar-refractivity contribution < 1.29 is 0 Å². The van der Waals surface area contributed by atoms with E-state index in [0.29, 0.717) is 6.17 Å². The topological polar surface area (TPSA) is 28.0 Å². The summed E-state index contributed by atoms with van der Waals surface area (Å²) in [5, 5.41) is 7.15. The van der Waals surface area contributed by atoms with Crippen LogP contribution in [0.15, 0.2) is 10.1 Å². The molecular formula is C13H19N3. The normalized spacial score (nSPS) is 41.0. The van der Waals surface area contributed by atoms with Gasteiger partial charge in [0.1, 0.15) is 6.17 Å². The molecule has 0 aromatic rings. The van der Waals surface area contributed by atoms with Crippen LogP contribution in [0.25, 0.3) is 0 Å². The van der Waals surface area contributed by atoms with Crippen LogP contribution in [0.4, 0.5) is 0 Å². The number of hydrazone groups is 1. The Morgan fingerprint density at radius 3 is 2.94 bits per heavy atom. The molecule has 0 bridgehead atoms. The molecule has 2 aliphatic carbocycles. The molecule has 0 aromatic heterocycles. The predicted molar refractivity (Wildman–Crippen MR) is 64.7 cm³/mol. The van der Waals surface area contributed by atoms with Gasteiger partial charge in [-0.05, 0) is 44.4 Å². The zero-order valence-electron chi connectivity index (χ0n) is 9.73. The summed E-state index contributed by atoms with van der Waals surface area (Å²) in [6, 6.07) is 0. The Morgan fingerprint density at radius 2 is 1.94 bits per heavy atom. The molecule has 4 aliphatic rings. The predicted octanol–water partition coefficient (Wildman–Crippen LogP) is 2.43. The third-order valence-electron chi connectivity index (χ3n) is 4.83. The smallest absolute Gasteiger partial charge is 0.140 e. The van der Waals surface area contributed by atoms with E-state index in [9.17, 15) is 0 Å². The van der Waals surface area contributed by atoms with Crippen LogP contribution in [0.5, 0.6) is 0 Å². The van der Waals surface area contributed by atoms with Crippen molar-refractivity contribution in [3.05, 3.63) is 0 Å². The summed E-state index contributed by atoms with van der Waals surface area (Å²) in [5.41, 5.74) is 2.64. The van der Waals surface area contributed by atoms with Crippen LogP contribution in [-0.4, -0.2) is 29.1 Å². The maximum atomic E-state index is 5.02. The van der Waals surface area contributed by atoms with Crippen molar-refractivity contribution in [1.82, 2.24) is 5.01 Å². The second kappa shape index (κ2) is 3.31. The fourth-order valence-corrected chi connectivity index (χ4v) is 4.01. The first-order valence-electron chi connectivity index (χ1n) is 6.83. The van der Waals surface area contributed by atoms with E-state index in [2.05, 4.69) is 5.01 Å². The maximum Gasteiger partial charge on any atom is 0.140 e. The Kier molecular flexibility index (Phi) is 1.91. The molecule has 86 valence electrons. The van der Waals surface area contributed by atoms with Crippen LogP contribution in [0, 0.1) is 11.8 Å². The molecule has 0 radical (unpaired) electrons. The molecule has 0 amide bonds. The number of rotatable bonds is 0. The first-order chi connectivity index (χ1) is 7.92. The first-order valence-corrected chi connectivity index (χ1v) is 6.83. The second-order valence-corrected chi connectivity index (χ2v) is 5.70. The molecule has 0 aromatic carbocycles. The van der Waals surface area contributed by atoms with Crippen LogP contribution in [0.1, 0.15) is 44.9 Å². The summed E-state index contributed by atoms with van der Waals surface area (Å²) in [5.74, 6) is 1.76. The highest BCUT2D eigenvalue weighted by atomic mass is 15.5. The third kappa shape index (κ3) is 1.20. The molecule has 3 heteroatoms. The van der Waals surface area contributed by atoms with Gasteiger partial charge in [0.2, 0.25) is 0 Å². The van der Waals surface area contributed by atoms with E-state index in [1.54, 1.807) is 0 Å². The van der Waals surface area contributed by atoms with E-state index in [1.165, 1.54) is 49.9 Å². The monoisotopic (exact) mass is 217 g/mol. The lowest BCUT2D eigenvalue weighted by molar-refractivity contribution is 0.0702. The van der Waals surface area contributed by atoms with E-state index in [-0.39, 0.29) is 0 Å². The Labute approximate surface area is 96.6 Å². The first kappa shape index (κ1) is 9.20. The lowest BCUT2D eigenvalue weighted by atomic mass is 9.86. The SMILES string of the molecule is C1CC2=NC3C4CCCC4CCN3N=C2C1. The molecular weight excluding hydrogens is 198 g/mol. The number of hydrogen-bond donors (Lipinski definition) is 0. The Balaban J connectivity index is 1.68. The summed E-state index contributed by atoms with van der Waals surface area (Å²) in [6.07, 6.45) is 9.62. The average molecular weight is 217 g/mol. The van der Waals surface area contributed by atoms with Gasteiger partial charge in [0.15, 0.2) is 0 Å². The minimum Gasteiger partial charge on any atom is -0.272 e. The molecule has 4 rings (SSSR count). The molecule has 2 saturated carbocycles. The quantitative estimate of drug-likeness (QED) is 0.612. The molecule has 2 heterocycles. The van der Waals surface area contributed by atoms with Gasteiger partial charge in [0.25, 0.3) is 0 Å². The largest absolute Gasteiger partial charge is 0.272 e. The molecule has 0 N–H and O–H groups in total. The summed E-state index contributed by atoms with van der Waals surface area (Å²) >= 11 is 0. The van der Waals surface area contributed by atoms with Crippen molar-refractivity contribution in [2.45, 2.75) is 51.1 Å². The second-order valence-electron chi connectivity index (χ2n) is 5.70. The van der Waals surface area contributed by atoms with Crippen molar-refractivity contribution >= 4 is 11.4 Å². The minimum absolute atomic E-state index is 0.415. The summed E-state index contributed by atoms with van der Waals surface area (Å²) < 4.78 is 0.